The first-order valence-electron chi connectivity index (χ1n) is 8.30. The van der Waals surface area contributed by atoms with Crippen LogP contribution in [0.5, 0.6) is 0 Å². The first kappa shape index (κ1) is 15.6. The van der Waals surface area contributed by atoms with Gasteiger partial charge in [0, 0.05) is 12.1 Å². The van der Waals surface area contributed by atoms with Gasteiger partial charge in [0.15, 0.2) is 0 Å². The fraction of sp³-hybridized carbons (Fsp3) is 0.684. The van der Waals surface area contributed by atoms with Gasteiger partial charge >= 0.3 is 0 Å². The summed E-state index contributed by atoms with van der Waals surface area (Å²) in [7, 11) is 0. The molecule has 1 aromatic carbocycles. The predicted octanol–water partition coefficient (Wildman–Crippen LogP) is 5.11. The number of rotatable bonds is 4. The topological polar surface area (TPSA) is 12.0 Å². The van der Waals surface area contributed by atoms with Crippen LogP contribution in [0.1, 0.15) is 64.1 Å². The van der Waals surface area contributed by atoms with Crippen LogP contribution in [-0.4, -0.2) is 6.04 Å². The second-order valence-corrected chi connectivity index (χ2v) is 7.18. The van der Waals surface area contributed by atoms with Crippen molar-refractivity contribution in [3.05, 3.63) is 35.4 Å². The molecule has 0 aromatic heterocycles. The summed E-state index contributed by atoms with van der Waals surface area (Å²) in [6.07, 6.45) is 4.12. The van der Waals surface area contributed by atoms with E-state index in [1.54, 1.807) is 0 Å². The van der Waals surface area contributed by atoms with Crippen LogP contribution in [0.3, 0.4) is 0 Å². The van der Waals surface area contributed by atoms with E-state index in [0.29, 0.717) is 12.1 Å². The van der Waals surface area contributed by atoms with Gasteiger partial charge in [-0.15, -0.1) is 0 Å². The molecule has 112 valence electrons. The zero-order chi connectivity index (χ0) is 14.7. The van der Waals surface area contributed by atoms with Gasteiger partial charge in [0.25, 0.3) is 0 Å². The average molecular weight is 273 g/mol. The number of hydrogen-bond acceptors (Lipinski definition) is 1. The highest BCUT2D eigenvalue weighted by atomic mass is 15.0. The van der Waals surface area contributed by atoms with Crippen molar-refractivity contribution < 1.29 is 0 Å². The van der Waals surface area contributed by atoms with Crippen LogP contribution < -0.4 is 5.32 Å². The molecule has 0 bridgehead atoms. The van der Waals surface area contributed by atoms with Gasteiger partial charge in [-0.3, -0.25) is 0 Å². The molecule has 1 aliphatic rings. The third-order valence-electron chi connectivity index (χ3n) is 5.14. The molecule has 4 atom stereocenters. The van der Waals surface area contributed by atoms with Crippen LogP contribution in [0.2, 0.25) is 0 Å². The minimum absolute atomic E-state index is 0.452. The quantitative estimate of drug-likeness (QED) is 0.804. The van der Waals surface area contributed by atoms with Crippen molar-refractivity contribution in [2.24, 2.45) is 17.8 Å². The average Bonchev–Trinajstić information content (AvgIpc) is 2.38. The minimum atomic E-state index is 0.452. The van der Waals surface area contributed by atoms with E-state index in [-0.39, 0.29) is 0 Å². The molecule has 0 amide bonds. The molecule has 0 heterocycles. The summed E-state index contributed by atoms with van der Waals surface area (Å²) in [5, 5.41) is 3.94. The van der Waals surface area contributed by atoms with Crippen LogP contribution in [0, 0.1) is 24.7 Å². The first-order chi connectivity index (χ1) is 9.49. The Morgan fingerprint density at radius 1 is 1.10 bits per heavy atom. The summed E-state index contributed by atoms with van der Waals surface area (Å²) in [6.45, 7) is 11.7. The molecule has 0 spiro atoms. The van der Waals surface area contributed by atoms with E-state index >= 15 is 0 Å². The minimum Gasteiger partial charge on any atom is -0.307 e. The zero-order valence-corrected chi connectivity index (χ0v) is 13.8. The molecule has 3 unspecified atom stereocenters. The van der Waals surface area contributed by atoms with E-state index in [0.717, 1.165) is 17.8 Å². The lowest BCUT2D eigenvalue weighted by Crippen LogP contribution is -2.43. The van der Waals surface area contributed by atoms with Gasteiger partial charge in [-0.2, -0.15) is 0 Å². The summed E-state index contributed by atoms with van der Waals surface area (Å²) >= 11 is 0. The Kier molecular flexibility index (Phi) is 5.26. The third kappa shape index (κ3) is 3.63. The summed E-state index contributed by atoms with van der Waals surface area (Å²) in [5.74, 6) is 2.48. The highest BCUT2D eigenvalue weighted by Gasteiger charge is 2.31. The molecule has 1 N–H and O–H groups in total. The van der Waals surface area contributed by atoms with Crippen molar-refractivity contribution in [3.8, 4) is 0 Å². The maximum Gasteiger partial charge on any atom is 0.0297 e. The Hall–Kier alpha value is -0.820. The van der Waals surface area contributed by atoms with Gasteiger partial charge in [0.05, 0.1) is 0 Å². The van der Waals surface area contributed by atoms with E-state index in [4.69, 9.17) is 0 Å². The molecule has 2 rings (SSSR count). The normalized spacial score (nSPS) is 28.6. The summed E-state index contributed by atoms with van der Waals surface area (Å²) < 4.78 is 0. The van der Waals surface area contributed by atoms with E-state index in [1.807, 2.05) is 0 Å². The number of hydrogen-bond donors (Lipinski definition) is 1. The van der Waals surface area contributed by atoms with Crippen LogP contribution >= 0.6 is 0 Å². The predicted molar refractivity (Wildman–Crippen MR) is 87.9 cm³/mol. The number of benzene rings is 1. The van der Waals surface area contributed by atoms with E-state index < -0.39 is 0 Å². The molecule has 0 radical (unpaired) electrons. The Labute approximate surface area is 125 Å². The zero-order valence-electron chi connectivity index (χ0n) is 13.8. The highest BCUT2D eigenvalue weighted by Crippen LogP contribution is 2.34. The molecule has 1 heteroatoms. The van der Waals surface area contributed by atoms with Crippen LogP contribution in [0.4, 0.5) is 0 Å². The molecule has 1 aromatic rings. The summed E-state index contributed by atoms with van der Waals surface area (Å²) in [4.78, 5) is 0. The molecule has 0 saturated heterocycles. The Balaban J connectivity index is 2.08. The fourth-order valence-electron chi connectivity index (χ4n) is 3.88. The molecule has 1 nitrogen and oxygen atoms in total. The number of nitrogens with one attached hydrogen (secondary N) is 1. The van der Waals surface area contributed by atoms with Crippen LogP contribution in [-0.2, 0) is 0 Å². The van der Waals surface area contributed by atoms with E-state index in [1.165, 1.54) is 30.4 Å². The van der Waals surface area contributed by atoms with Crippen molar-refractivity contribution in [3.63, 3.8) is 0 Å². The molecule has 0 aliphatic heterocycles. The van der Waals surface area contributed by atoms with Gasteiger partial charge in [0.1, 0.15) is 0 Å². The first-order valence-corrected chi connectivity index (χ1v) is 8.30. The molecule has 1 fully saturated rings. The van der Waals surface area contributed by atoms with Gasteiger partial charge in [0.2, 0.25) is 0 Å². The molecule has 1 saturated carbocycles. The van der Waals surface area contributed by atoms with Crippen molar-refractivity contribution in [1.29, 1.82) is 0 Å². The smallest absolute Gasteiger partial charge is 0.0297 e. The lowest BCUT2D eigenvalue weighted by atomic mass is 9.73. The molecular weight excluding hydrogens is 242 g/mol. The molecular formula is C19H31N. The second kappa shape index (κ2) is 6.76. The maximum atomic E-state index is 3.94. The van der Waals surface area contributed by atoms with Gasteiger partial charge in [-0.25, -0.2) is 0 Å². The lowest BCUT2D eigenvalue weighted by Gasteiger charge is -2.39. The van der Waals surface area contributed by atoms with E-state index in [9.17, 15) is 0 Å². The largest absolute Gasteiger partial charge is 0.307 e. The van der Waals surface area contributed by atoms with Crippen LogP contribution in [0.15, 0.2) is 24.3 Å². The van der Waals surface area contributed by atoms with Crippen molar-refractivity contribution >= 4 is 0 Å². The van der Waals surface area contributed by atoms with Gasteiger partial charge in [-0.1, -0.05) is 51.5 Å². The number of aryl methyl sites for hydroxylation is 1. The fourth-order valence-corrected chi connectivity index (χ4v) is 3.88. The van der Waals surface area contributed by atoms with Gasteiger partial charge in [-0.05, 0) is 55.6 Å². The third-order valence-corrected chi connectivity index (χ3v) is 5.14. The second-order valence-electron chi connectivity index (χ2n) is 7.18. The Morgan fingerprint density at radius 2 is 1.80 bits per heavy atom. The summed E-state index contributed by atoms with van der Waals surface area (Å²) in [6, 6.07) is 9.90. The Morgan fingerprint density at radius 3 is 2.45 bits per heavy atom. The van der Waals surface area contributed by atoms with Crippen molar-refractivity contribution in [1.82, 2.24) is 5.32 Å². The SMILES string of the molecule is Cc1ccccc1[C@@H](C)NC1CC(C)CCC1C(C)C. The summed E-state index contributed by atoms with van der Waals surface area (Å²) in [5.41, 5.74) is 2.85. The molecule has 20 heavy (non-hydrogen) atoms. The monoisotopic (exact) mass is 273 g/mol. The highest BCUT2D eigenvalue weighted by molar-refractivity contribution is 5.28. The standard InChI is InChI=1S/C19H31N/c1-13(2)17-11-10-14(3)12-19(17)20-16(5)18-9-7-6-8-15(18)4/h6-9,13-14,16-17,19-20H,10-12H2,1-5H3/t14?,16-,17?,19?/m1/s1. The van der Waals surface area contributed by atoms with Crippen molar-refractivity contribution in [2.45, 2.75) is 66.0 Å². The Bertz CT molecular complexity index is 424. The maximum absolute atomic E-state index is 3.94. The van der Waals surface area contributed by atoms with Crippen LogP contribution in [0.25, 0.3) is 0 Å². The molecule has 1 aliphatic carbocycles. The van der Waals surface area contributed by atoms with Gasteiger partial charge < -0.3 is 5.32 Å². The lowest BCUT2D eigenvalue weighted by molar-refractivity contribution is 0.161. The van der Waals surface area contributed by atoms with E-state index in [2.05, 4.69) is 64.2 Å². The van der Waals surface area contributed by atoms with Crippen molar-refractivity contribution in [2.75, 3.05) is 0 Å².